The Balaban J connectivity index is 1.45. The van der Waals surface area contributed by atoms with Gasteiger partial charge < -0.3 is 14.6 Å². The third-order valence-corrected chi connectivity index (χ3v) is 6.84. The molecule has 0 bridgehead atoms. The van der Waals surface area contributed by atoms with Gasteiger partial charge in [-0.2, -0.15) is 0 Å². The molecule has 1 spiro atoms. The lowest BCUT2D eigenvalue weighted by Gasteiger charge is -2.45. The Morgan fingerprint density at radius 1 is 1.22 bits per heavy atom. The minimum Gasteiger partial charge on any atom is -0.508 e. The van der Waals surface area contributed by atoms with Crippen LogP contribution in [0.5, 0.6) is 11.5 Å². The van der Waals surface area contributed by atoms with Crippen LogP contribution in [0, 0.1) is 6.92 Å². The Kier molecular flexibility index (Phi) is 6.71. The standard InChI is InChI=1S/C28H34O4/c1-19(2)31-15-12-23-18-28(32-27-7-5-4-6-24(23)27)13-10-21(11-14-28)17-26(30)22-8-9-25(29)20(3)16-22/h4-9,16-17,19,23,29H,10-15,18H2,1-3H3. The van der Waals surface area contributed by atoms with E-state index < -0.39 is 0 Å². The summed E-state index contributed by atoms with van der Waals surface area (Å²) in [6.07, 6.45) is 7.65. The molecule has 1 aliphatic heterocycles. The van der Waals surface area contributed by atoms with Crippen molar-refractivity contribution in [1.82, 2.24) is 0 Å². The summed E-state index contributed by atoms with van der Waals surface area (Å²) < 4.78 is 12.5. The van der Waals surface area contributed by atoms with Gasteiger partial charge in [0.25, 0.3) is 0 Å². The van der Waals surface area contributed by atoms with Gasteiger partial charge in [0.2, 0.25) is 0 Å². The molecule has 4 rings (SSSR count). The van der Waals surface area contributed by atoms with Crippen LogP contribution >= 0.6 is 0 Å². The third kappa shape index (κ3) is 5.07. The van der Waals surface area contributed by atoms with Crippen molar-refractivity contribution in [2.24, 2.45) is 0 Å². The summed E-state index contributed by atoms with van der Waals surface area (Å²) in [6, 6.07) is 13.5. The van der Waals surface area contributed by atoms with Crippen LogP contribution in [0.4, 0.5) is 0 Å². The number of aryl methyl sites for hydroxylation is 1. The number of phenols is 1. The number of ether oxygens (including phenoxy) is 2. The second-order valence-corrected chi connectivity index (χ2v) is 9.60. The molecule has 1 atom stereocenters. The van der Waals surface area contributed by atoms with Crippen molar-refractivity contribution in [2.45, 2.75) is 76.9 Å². The van der Waals surface area contributed by atoms with Gasteiger partial charge in [-0.25, -0.2) is 0 Å². The summed E-state index contributed by atoms with van der Waals surface area (Å²) in [5.74, 6) is 1.68. The molecule has 1 unspecified atom stereocenters. The van der Waals surface area contributed by atoms with Gasteiger partial charge in [0.1, 0.15) is 17.1 Å². The van der Waals surface area contributed by atoms with Crippen LogP contribution in [0.25, 0.3) is 0 Å². The topological polar surface area (TPSA) is 55.8 Å². The number of hydrogen-bond acceptors (Lipinski definition) is 4. The summed E-state index contributed by atoms with van der Waals surface area (Å²) in [6.45, 7) is 6.73. The number of benzene rings is 2. The predicted octanol–water partition coefficient (Wildman–Crippen LogP) is 6.50. The zero-order valence-corrected chi connectivity index (χ0v) is 19.4. The number of phenolic OH excluding ortho intramolecular Hbond substituents is 1. The maximum Gasteiger partial charge on any atom is 0.185 e. The third-order valence-electron chi connectivity index (χ3n) is 6.84. The van der Waals surface area contributed by atoms with Gasteiger partial charge in [-0.05, 0) is 107 Å². The Bertz CT molecular complexity index is 994. The molecule has 1 fully saturated rings. The summed E-state index contributed by atoms with van der Waals surface area (Å²) in [4.78, 5) is 12.7. The molecule has 2 aromatic carbocycles. The molecule has 32 heavy (non-hydrogen) atoms. The number of allylic oxidation sites excluding steroid dienone is 2. The molecule has 0 radical (unpaired) electrons. The van der Waals surface area contributed by atoms with E-state index in [0.29, 0.717) is 11.5 Å². The van der Waals surface area contributed by atoms with E-state index in [9.17, 15) is 9.90 Å². The van der Waals surface area contributed by atoms with Crippen LogP contribution in [0.3, 0.4) is 0 Å². The normalized spacial score (nSPS) is 22.5. The smallest absolute Gasteiger partial charge is 0.185 e. The first-order chi connectivity index (χ1) is 15.3. The van der Waals surface area contributed by atoms with Gasteiger partial charge in [-0.15, -0.1) is 0 Å². The average Bonchev–Trinajstić information content (AvgIpc) is 2.77. The molecule has 4 heteroatoms. The molecule has 4 nitrogen and oxygen atoms in total. The monoisotopic (exact) mass is 434 g/mol. The van der Waals surface area contributed by atoms with Gasteiger partial charge in [0.05, 0.1) is 6.10 Å². The minimum atomic E-state index is -0.160. The van der Waals surface area contributed by atoms with E-state index in [1.807, 2.05) is 13.0 Å². The van der Waals surface area contributed by atoms with E-state index in [4.69, 9.17) is 9.47 Å². The first-order valence-corrected chi connectivity index (χ1v) is 11.8. The molecule has 1 N–H and O–H groups in total. The average molecular weight is 435 g/mol. The molecule has 1 heterocycles. The first kappa shape index (κ1) is 22.6. The lowest BCUT2D eigenvalue weighted by molar-refractivity contribution is 0.00227. The van der Waals surface area contributed by atoms with Crippen molar-refractivity contribution in [1.29, 1.82) is 0 Å². The van der Waals surface area contributed by atoms with E-state index in [0.717, 1.165) is 56.4 Å². The minimum absolute atomic E-state index is 0.0117. The molecule has 1 saturated carbocycles. The van der Waals surface area contributed by atoms with Crippen LogP contribution in [0.1, 0.15) is 79.8 Å². The van der Waals surface area contributed by atoms with Gasteiger partial charge in [-0.3, -0.25) is 4.79 Å². The molecule has 2 aliphatic rings. The van der Waals surface area contributed by atoms with E-state index in [2.05, 4.69) is 32.0 Å². The number of para-hydroxylation sites is 1. The largest absolute Gasteiger partial charge is 0.508 e. The Labute approximate surface area is 191 Å². The highest BCUT2D eigenvalue weighted by molar-refractivity contribution is 6.05. The van der Waals surface area contributed by atoms with Crippen LogP contribution in [-0.2, 0) is 4.74 Å². The van der Waals surface area contributed by atoms with E-state index in [1.165, 1.54) is 11.1 Å². The van der Waals surface area contributed by atoms with Crippen LogP contribution in [-0.4, -0.2) is 29.2 Å². The lowest BCUT2D eigenvalue weighted by atomic mass is 9.72. The lowest BCUT2D eigenvalue weighted by Crippen LogP contribution is -2.43. The fourth-order valence-corrected chi connectivity index (χ4v) is 5.00. The summed E-state index contributed by atoms with van der Waals surface area (Å²) in [5, 5.41) is 9.71. The first-order valence-electron chi connectivity index (χ1n) is 11.8. The van der Waals surface area contributed by atoms with Crippen LogP contribution < -0.4 is 4.74 Å². The second-order valence-electron chi connectivity index (χ2n) is 9.60. The number of fused-ring (bicyclic) bond motifs is 1. The fraction of sp³-hybridized carbons (Fsp3) is 0.464. The highest BCUT2D eigenvalue weighted by atomic mass is 16.5. The van der Waals surface area contributed by atoms with Gasteiger partial charge in [0, 0.05) is 12.2 Å². The van der Waals surface area contributed by atoms with Crippen LogP contribution in [0.15, 0.2) is 54.1 Å². The van der Waals surface area contributed by atoms with Crippen molar-refractivity contribution in [3.63, 3.8) is 0 Å². The molecule has 2 aromatic rings. The Hall–Kier alpha value is -2.59. The highest BCUT2D eigenvalue weighted by Crippen LogP contribution is 2.49. The van der Waals surface area contributed by atoms with E-state index in [-0.39, 0.29) is 23.2 Å². The van der Waals surface area contributed by atoms with Crippen molar-refractivity contribution in [3.8, 4) is 11.5 Å². The van der Waals surface area contributed by atoms with Crippen molar-refractivity contribution < 1.29 is 19.4 Å². The number of carbonyl (C=O) groups excluding carboxylic acids is 1. The number of aromatic hydroxyl groups is 1. The predicted molar refractivity (Wildman–Crippen MR) is 127 cm³/mol. The fourth-order valence-electron chi connectivity index (χ4n) is 5.00. The van der Waals surface area contributed by atoms with E-state index >= 15 is 0 Å². The highest BCUT2D eigenvalue weighted by Gasteiger charge is 2.42. The van der Waals surface area contributed by atoms with Gasteiger partial charge >= 0.3 is 0 Å². The number of hydrogen-bond donors (Lipinski definition) is 1. The maximum atomic E-state index is 12.7. The molecular weight excluding hydrogens is 400 g/mol. The zero-order valence-electron chi connectivity index (χ0n) is 19.4. The molecular formula is C28H34O4. The van der Waals surface area contributed by atoms with Crippen LogP contribution in [0.2, 0.25) is 0 Å². The molecule has 0 amide bonds. The summed E-state index contributed by atoms with van der Waals surface area (Å²) in [5.41, 5.74) is 3.67. The number of ketones is 1. The van der Waals surface area contributed by atoms with E-state index in [1.54, 1.807) is 24.3 Å². The summed E-state index contributed by atoms with van der Waals surface area (Å²) in [7, 11) is 0. The van der Waals surface area contributed by atoms with Crippen molar-refractivity contribution in [3.05, 3.63) is 70.8 Å². The number of carbonyl (C=O) groups is 1. The number of rotatable bonds is 6. The van der Waals surface area contributed by atoms with Crippen molar-refractivity contribution in [2.75, 3.05) is 6.61 Å². The molecule has 1 aliphatic carbocycles. The zero-order chi connectivity index (χ0) is 22.7. The summed E-state index contributed by atoms with van der Waals surface area (Å²) >= 11 is 0. The molecule has 0 saturated heterocycles. The SMILES string of the molecule is Cc1cc(C(=O)C=C2CCC3(CC2)CC(CCOC(C)C)c2ccccc2O3)ccc1O. The van der Waals surface area contributed by atoms with Gasteiger partial charge in [0.15, 0.2) is 5.78 Å². The Morgan fingerprint density at radius 2 is 1.97 bits per heavy atom. The second kappa shape index (κ2) is 9.50. The molecule has 170 valence electrons. The Morgan fingerprint density at radius 3 is 2.69 bits per heavy atom. The quantitative estimate of drug-likeness (QED) is 0.416. The maximum absolute atomic E-state index is 12.7. The van der Waals surface area contributed by atoms with Crippen molar-refractivity contribution >= 4 is 5.78 Å². The van der Waals surface area contributed by atoms with Gasteiger partial charge in [-0.1, -0.05) is 23.8 Å². The molecule has 0 aromatic heterocycles.